The van der Waals surface area contributed by atoms with Gasteiger partial charge in [-0.05, 0) is 30.7 Å². The molecule has 8 nitrogen and oxygen atoms in total. The van der Waals surface area contributed by atoms with Crippen molar-refractivity contribution >= 4 is 33.0 Å². The SMILES string of the molecule is Cc1cc2c(cc1S(=O)(=O)CCC(=O)Nc1cccnc1)OCC(=O)N2. The Balaban J connectivity index is 1.72. The maximum absolute atomic E-state index is 12.6. The molecule has 0 spiro atoms. The van der Waals surface area contributed by atoms with Gasteiger partial charge in [0.05, 0.1) is 28.2 Å². The van der Waals surface area contributed by atoms with Crippen LogP contribution in [0.5, 0.6) is 5.75 Å². The quantitative estimate of drug-likeness (QED) is 0.819. The van der Waals surface area contributed by atoms with Crippen molar-refractivity contribution in [1.82, 2.24) is 4.98 Å². The molecule has 0 fully saturated rings. The number of nitrogens with one attached hydrogen (secondary N) is 2. The third-order valence-corrected chi connectivity index (χ3v) is 5.64. The Kier molecular flexibility index (Phi) is 4.90. The number of sulfone groups is 1. The molecule has 0 saturated heterocycles. The number of benzene rings is 1. The molecule has 26 heavy (non-hydrogen) atoms. The van der Waals surface area contributed by atoms with Crippen LogP contribution in [0.25, 0.3) is 0 Å². The van der Waals surface area contributed by atoms with E-state index in [2.05, 4.69) is 15.6 Å². The van der Waals surface area contributed by atoms with E-state index in [4.69, 9.17) is 4.74 Å². The monoisotopic (exact) mass is 375 g/mol. The van der Waals surface area contributed by atoms with Gasteiger partial charge in [-0.15, -0.1) is 0 Å². The fourth-order valence-electron chi connectivity index (χ4n) is 2.55. The first-order valence-corrected chi connectivity index (χ1v) is 9.50. The lowest BCUT2D eigenvalue weighted by Gasteiger charge is -2.20. The number of pyridine rings is 1. The number of hydrogen-bond donors (Lipinski definition) is 2. The molecule has 2 heterocycles. The van der Waals surface area contributed by atoms with E-state index in [0.29, 0.717) is 22.7 Å². The Morgan fingerprint density at radius 3 is 2.92 bits per heavy atom. The van der Waals surface area contributed by atoms with Gasteiger partial charge in [-0.1, -0.05) is 0 Å². The minimum absolute atomic E-state index is 0.0848. The molecule has 1 aromatic carbocycles. The van der Waals surface area contributed by atoms with E-state index in [-0.39, 0.29) is 29.6 Å². The Bertz CT molecular complexity index is 958. The van der Waals surface area contributed by atoms with Crippen molar-refractivity contribution in [1.29, 1.82) is 0 Å². The van der Waals surface area contributed by atoms with Crippen LogP contribution in [0.2, 0.25) is 0 Å². The molecule has 3 rings (SSSR count). The van der Waals surface area contributed by atoms with Crippen LogP contribution in [-0.2, 0) is 19.4 Å². The minimum atomic E-state index is -3.69. The van der Waals surface area contributed by atoms with Crippen LogP contribution in [0.1, 0.15) is 12.0 Å². The van der Waals surface area contributed by atoms with Gasteiger partial charge < -0.3 is 15.4 Å². The van der Waals surface area contributed by atoms with E-state index < -0.39 is 15.7 Å². The molecule has 0 aliphatic carbocycles. The lowest BCUT2D eigenvalue weighted by Crippen LogP contribution is -2.26. The molecule has 2 N–H and O–H groups in total. The Hall–Kier alpha value is -2.94. The Morgan fingerprint density at radius 1 is 1.38 bits per heavy atom. The first kappa shape index (κ1) is 17.9. The lowest BCUT2D eigenvalue weighted by molar-refractivity contribution is -0.118. The summed E-state index contributed by atoms with van der Waals surface area (Å²) >= 11 is 0. The topological polar surface area (TPSA) is 114 Å². The van der Waals surface area contributed by atoms with Crippen LogP contribution >= 0.6 is 0 Å². The van der Waals surface area contributed by atoms with Gasteiger partial charge in [-0.2, -0.15) is 0 Å². The van der Waals surface area contributed by atoms with Crippen LogP contribution in [0.3, 0.4) is 0 Å². The van der Waals surface area contributed by atoms with E-state index >= 15 is 0 Å². The van der Waals surface area contributed by atoms with Crippen molar-refractivity contribution < 1.29 is 22.7 Å². The molecule has 0 atom stereocenters. The number of fused-ring (bicyclic) bond motifs is 1. The molecule has 0 saturated carbocycles. The summed E-state index contributed by atoms with van der Waals surface area (Å²) in [6.07, 6.45) is 2.86. The number of ether oxygens (including phenoxy) is 1. The van der Waals surface area contributed by atoms with Gasteiger partial charge in [0.2, 0.25) is 5.91 Å². The Labute approximate surface area is 150 Å². The van der Waals surface area contributed by atoms with Gasteiger partial charge in [-0.25, -0.2) is 8.42 Å². The van der Waals surface area contributed by atoms with Crippen molar-refractivity contribution in [2.45, 2.75) is 18.2 Å². The van der Waals surface area contributed by atoms with Gasteiger partial charge in [-0.3, -0.25) is 14.6 Å². The Morgan fingerprint density at radius 2 is 2.19 bits per heavy atom. The highest BCUT2D eigenvalue weighted by molar-refractivity contribution is 7.91. The second-order valence-corrected chi connectivity index (χ2v) is 7.89. The summed E-state index contributed by atoms with van der Waals surface area (Å²) in [5.74, 6) is -0.751. The number of anilines is 2. The van der Waals surface area contributed by atoms with E-state index in [1.807, 2.05) is 0 Å². The van der Waals surface area contributed by atoms with Crippen molar-refractivity contribution in [2.24, 2.45) is 0 Å². The third kappa shape index (κ3) is 3.99. The van der Waals surface area contributed by atoms with Crippen molar-refractivity contribution in [2.75, 3.05) is 23.0 Å². The molecule has 0 unspecified atom stereocenters. The summed E-state index contributed by atoms with van der Waals surface area (Å²) in [6.45, 7) is 1.46. The summed E-state index contributed by atoms with van der Waals surface area (Å²) in [6, 6.07) is 6.27. The number of carbonyl (C=O) groups excluding carboxylic acids is 2. The van der Waals surface area contributed by atoms with Crippen LogP contribution < -0.4 is 15.4 Å². The summed E-state index contributed by atoms with van der Waals surface area (Å²) in [7, 11) is -3.69. The molecule has 0 radical (unpaired) electrons. The van der Waals surface area contributed by atoms with Gasteiger partial charge in [0.25, 0.3) is 5.91 Å². The molecule has 2 amide bonds. The first-order valence-electron chi connectivity index (χ1n) is 7.85. The number of nitrogens with zero attached hydrogens (tertiary/aromatic N) is 1. The zero-order valence-electron chi connectivity index (χ0n) is 14.0. The van der Waals surface area contributed by atoms with Crippen LogP contribution in [0.15, 0.2) is 41.6 Å². The highest BCUT2D eigenvalue weighted by atomic mass is 32.2. The van der Waals surface area contributed by atoms with E-state index in [1.54, 1.807) is 31.3 Å². The molecule has 1 aromatic heterocycles. The lowest BCUT2D eigenvalue weighted by atomic mass is 10.2. The number of rotatable bonds is 5. The fourth-order valence-corrected chi connectivity index (χ4v) is 4.06. The zero-order chi connectivity index (χ0) is 18.7. The average molecular weight is 375 g/mol. The maximum atomic E-state index is 12.6. The molecule has 9 heteroatoms. The molecule has 2 aromatic rings. The minimum Gasteiger partial charge on any atom is -0.482 e. The van der Waals surface area contributed by atoms with Gasteiger partial charge in [0.15, 0.2) is 16.4 Å². The van der Waals surface area contributed by atoms with Crippen molar-refractivity contribution in [3.05, 3.63) is 42.2 Å². The summed E-state index contributed by atoms with van der Waals surface area (Å²) in [5, 5.41) is 5.23. The van der Waals surface area contributed by atoms with Crippen LogP contribution in [0.4, 0.5) is 11.4 Å². The maximum Gasteiger partial charge on any atom is 0.262 e. The van der Waals surface area contributed by atoms with Gasteiger partial charge >= 0.3 is 0 Å². The standard InChI is InChI=1S/C17H17N3O5S/c1-11-7-13-14(25-10-17(22)20-13)8-15(11)26(23,24)6-4-16(21)19-12-3-2-5-18-9-12/h2-3,5,7-9H,4,6,10H2,1H3,(H,19,21)(H,20,22). The summed E-state index contributed by atoms with van der Waals surface area (Å²) < 4.78 is 30.5. The second kappa shape index (κ2) is 7.12. The predicted octanol–water partition coefficient (Wildman–Crippen LogP) is 1.52. The molecule has 1 aliphatic heterocycles. The van der Waals surface area contributed by atoms with Crippen LogP contribution in [-0.4, -0.2) is 37.6 Å². The molecule has 136 valence electrons. The fraction of sp³-hybridized carbons (Fsp3) is 0.235. The summed E-state index contributed by atoms with van der Waals surface area (Å²) in [4.78, 5) is 27.3. The number of hydrogen-bond acceptors (Lipinski definition) is 6. The smallest absolute Gasteiger partial charge is 0.262 e. The summed E-state index contributed by atoms with van der Waals surface area (Å²) in [5.41, 5.74) is 1.42. The molecule has 1 aliphatic rings. The normalized spacial score (nSPS) is 13.3. The zero-order valence-corrected chi connectivity index (χ0v) is 14.8. The average Bonchev–Trinajstić information content (AvgIpc) is 2.60. The number of carbonyl (C=O) groups is 2. The third-order valence-electron chi connectivity index (χ3n) is 3.79. The molecular weight excluding hydrogens is 358 g/mol. The van der Waals surface area contributed by atoms with Gasteiger partial charge in [0, 0.05) is 18.7 Å². The number of amides is 2. The van der Waals surface area contributed by atoms with E-state index in [0.717, 1.165) is 0 Å². The van der Waals surface area contributed by atoms with Crippen molar-refractivity contribution in [3.63, 3.8) is 0 Å². The predicted molar refractivity (Wildman–Crippen MR) is 94.8 cm³/mol. The molecule has 0 bridgehead atoms. The van der Waals surface area contributed by atoms with E-state index in [9.17, 15) is 18.0 Å². The second-order valence-electron chi connectivity index (χ2n) is 5.81. The molecular formula is C17H17N3O5S. The number of aromatic nitrogens is 1. The highest BCUT2D eigenvalue weighted by Crippen LogP contribution is 2.33. The largest absolute Gasteiger partial charge is 0.482 e. The van der Waals surface area contributed by atoms with Crippen LogP contribution in [0, 0.1) is 6.92 Å². The van der Waals surface area contributed by atoms with Gasteiger partial charge in [0.1, 0.15) is 5.75 Å². The van der Waals surface area contributed by atoms with E-state index in [1.165, 1.54) is 12.3 Å². The number of aryl methyl sites for hydroxylation is 1. The first-order chi connectivity index (χ1) is 12.3. The highest BCUT2D eigenvalue weighted by Gasteiger charge is 2.24. The van der Waals surface area contributed by atoms with Crippen molar-refractivity contribution in [3.8, 4) is 5.75 Å².